The van der Waals surface area contributed by atoms with E-state index in [0.29, 0.717) is 17.5 Å². The van der Waals surface area contributed by atoms with Crippen LogP contribution in [0.5, 0.6) is 0 Å². The van der Waals surface area contributed by atoms with Crippen LogP contribution in [0.4, 0.5) is 0 Å². The highest BCUT2D eigenvalue weighted by Gasteiger charge is 2.20. The Labute approximate surface area is 339 Å². The number of furan rings is 1. The Kier molecular flexibility index (Phi) is 7.50. The molecule has 0 aliphatic carbocycles. The van der Waals surface area contributed by atoms with Gasteiger partial charge in [-0.3, -0.25) is 0 Å². The molecule has 0 radical (unpaired) electrons. The van der Waals surface area contributed by atoms with Gasteiger partial charge in [-0.1, -0.05) is 164 Å². The molecule has 0 fully saturated rings. The van der Waals surface area contributed by atoms with E-state index in [4.69, 9.17) is 19.4 Å². The monoisotopic (exact) mass is 751 g/mol. The van der Waals surface area contributed by atoms with Crippen LogP contribution < -0.4 is 0 Å². The van der Waals surface area contributed by atoms with Crippen LogP contribution in [0.2, 0.25) is 0 Å². The van der Waals surface area contributed by atoms with Crippen molar-refractivity contribution in [3.8, 4) is 56.4 Å². The number of aromatic nitrogens is 3. The highest BCUT2D eigenvalue weighted by Crippen LogP contribution is 2.41. The van der Waals surface area contributed by atoms with E-state index in [2.05, 4.69) is 176 Å². The summed E-state index contributed by atoms with van der Waals surface area (Å²) in [5.74, 6) is 1.80. The Morgan fingerprint density at radius 2 is 0.780 bits per heavy atom. The molecule has 0 saturated carbocycles. The second kappa shape index (κ2) is 13.3. The molecule has 0 aliphatic heterocycles. The Hall–Kier alpha value is -7.95. The number of rotatable bonds is 5. The first-order valence-electron chi connectivity index (χ1n) is 19.9. The van der Waals surface area contributed by atoms with Crippen LogP contribution in [-0.2, 0) is 0 Å². The van der Waals surface area contributed by atoms with Crippen molar-refractivity contribution in [3.05, 3.63) is 200 Å². The van der Waals surface area contributed by atoms with Crippen molar-refractivity contribution in [1.29, 1.82) is 0 Å². The maximum Gasteiger partial charge on any atom is 0.164 e. The Morgan fingerprint density at radius 3 is 1.53 bits per heavy atom. The van der Waals surface area contributed by atoms with Gasteiger partial charge in [0.25, 0.3) is 0 Å². The smallest absolute Gasteiger partial charge is 0.164 e. The first kappa shape index (κ1) is 33.2. The lowest BCUT2D eigenvalue weighted by molar-refractivity contribution is 0.669. The van der Waals surface area contributed by atoms with Crippen molar-refractivity contribution in [1.82, 2.24) is 15.0 Å². The van der Waals surface area contributed by atoms with E-state index in [1.165, 1.54) is 38.1 Å². The summed E-state index contributed by atoms with van der Waals surface area (Å²) in [7, 11) is 0. The van der Waals surface area contributed by atoms with Crippen LogP contribution in [0.1, 0.15) is 0 Å². The van der Waals surface area contributed by atoms with Gasteiger partial charge >= 0.3 is 0 Å². The highest BCUT2D eigenvalue weighted by molar-refractivity contribution is 6.18. The number of nitrogens with zero attached hydrogens (tertiary/aromatic N) is 3. The lowest BCUT2D eigenvalue weighted by Gasteiger charge is -2.13. The van der Waals surface area contributed by atoms with Gasteiger partial charge in [-0.15, -0.1) is 0 Å². The third kappa shape index (κ3) is 5.65. The summed E-state index contributed by atoms with van der Waals surface area (Å²) >= 11 is 0. The molecule has 0 amide bonds. The average molecular weight is 752 g/mol. The molecule has 274 valence electrons. The Balaban J connectivity index is 1.08. The molecule has 2 aromatic heterocycles. The first-order valence-corrected chi connectivity index (χ1v) is 19.9. The molecule has 4 heteroatoms. The number of benzene rings is 10. The summed E-state index contributed by atoms with van der Waals surface area (Å²) in [4.78, 5) is 15.9. The molecule has 12 aromatic rings. The zero-order valence-corrected chi connectivity index (χ0v) is 31.8. The maximum absolute atomic E-state index is 6.54. The number of fused-ring (bicyclic) bond motifs is 9. The van der Waals surface area contributed by atoms with Crippen molar-refractivity contribution in [3.63, 3.8) is 0 Å². The number of hydrogen-bond acceptors (Lipinski definition) is 4. The van der Waals surface area contributed by atoms with Gasteiger partial charge < -0.3 is 4.42 Å². The molecule has 0 unspecified atom stereocenters. The van der Waals surface area contributed by atoms with Gasteiger partial charge in [0, 0.05) is 27.5 Å². The highest BCUT2D eigenvalue weighted by atomic mass is 16.3. The van der Waals surface area contributed by atoms with E-state index in [0.717, 1.165) is 65.9 Å². The zero-order chi connectivity index (χ0) is 38.9. The summed E-state index contributed by atoms with van der Waals surface area (Å²) in [6, 6.07) is 70.6. The molecule has 0 spiro atoms. The van der Waals surface area contributed by atoms with E-state index in [-0.39, 0.29) is 0 Å². The van der Waals surface area contributed by atoms with Crippen molar-refractivity contribution in [2.75, 3.05) is 0 Å². The van der Waals surface area contributed by atoms with Crippen molar-refractivity contribution >= 4 is 65.0 Å². The molecule has 0 saturated heterocycles. The van der Waals surface area contributed by atoms with Crippen LogP contribution >= 0.6 is 0 Å². The molecule has 59 heavy (non-hydrogen) atoms. The minimum atomic E-state index is 0.587. The lowest BCUT2D eigenvalue weighted by Crippen LogP contribution is -2.01. The molecular weight excluding hydrogens is 719 g/mol. The van der Waals surface area contributed by atoms with Gasteiger partial charge in [0.15, 0.2) is 17.5 Å². The van der Waals surface area contributed by atoms with Crippen molar-refractivity contribution in [2.45, 2.75) is 0 Å². The standard InChI is InChI=1S/C55H33N3O/c1-3-11-34(12-4-1)37-19-20-39-30-41(22-21-38(39)29-37)53-56-54(42-25-26-45-40(31-42)24-28-46-44-16-8-7-15-36(44)23-27-47(45)46)58-55(57-53)49-32-43(35-13-5-2-6-14-35)33-51-52(49)48-17-9-10-18-50(48)59-51/h1-33H. The van der Waals surface area contributed by atoms with Gasteiger partial charge in [0.2, 0.25) is 0 Å². The summed E-state index contributed by atoms with van der Waals surface area (Å²) in [6.07, 6.45) is 0. The summed E-state index contributed by atoms with van der Waals surface area (Å²) in [5, 5.41) is 11.6. The second-order valence-corrected chi connectivity index (χ2v) is 15.2. The summed E-state index contributed by atoms with van der Waals surface area (Å²) in [6.45, 7) is 0. The fourth-order valence-electron chi connectivity index (χ4n) is 8.75. The minimum Gasteiger partial charge on any atom is -0.456 e. The number of hydrogen-bond donors (Lipinski definition) is 0. The van der Waals surface area contributed by atoms with Gasteiger partial charge in [-0.2, -0.15) is 0 Å². The average Bonchev–Trinajstić information content (AvgIpc) is 3.69. The summed E-state index contributed by atoms with van der Waals surface area (Å²) < 4.78 is 6.54. The molecule has 12 rings (SSSR count). The minimum absolute atomic E-state index is 0.587. The van der Waals surface area contributed by atoms with Crippen LogP contribution in [0.3, 0.4) is 0 Å². The molecular formula is C55H33N3O. The van der Waals surface area contributed by atoms with E-state index >= 15 is 0 Å². The molecule has 2 heterocycles. The van der Waals surface area contributed by atoms with Crippen LogP contribution in [0.15, 0.2) is 205 Å². The maximum atomic E-state index is 6.54. The lowest BCUT2D eigenvalue weighted by atomic mass is 9.96. The van der Waals surface area contributed by atoms with Gasteiger partial charge in [-0.05, 0) is 102 Å². The molecule has 0 bridgehead atoms. The SMILES string of the molecule is c1ccc(-c2ccc3cc(-c4nc(-c5ccc6c(ccc7c8ccccc8ccc67)c5)nc(-c5cc(-c6ccccc6)cc6oc7ccccc7c56)n4)ccc3c2)cc1. The first-order chi connectivity index (χ1) is 29.2. The normalized spacial score (nSPS) is 11.7. The third-order valence-corrected chi connectivity index (χ3v) is 11.7. The fraction of sp³-hybridized carbons (Fsp3) is 0. The molecule has 0 N–H and O–H groups in total. The third-order valence-electron chi connectivity index (χ3n) is 11.7. The Bertz CT molecular complexity index is 3610. The predicted octanol–water partition coefficient (Wildman–Crippen LogP) is 14.7. The van der Waals surface area contributed by atoms with Crippen molar-refractivity contribution in [2.24, 2.45) is 0 Å². The quantitative estimate of drug-likeness (QED) is 0.164. The van der Waals surface area contributed by atoms with Gasteiger partial charge in [0.05, 0.1) is 0 Å². The molecule has 0 aliphatic rings. The van der Waals surface area contributed by atoms with E-state index in [1.807, 2.05) is 24.3 Å². The van der Waals surface area contributed by atoms with E-state index < -0.39 is 0 Å². The fourth-order valence-corrected chi connectivity index (χ4v) is 8.75. The summed E-state index contributed by atoms with van der Waals surface area (Å²) in [5.41, 5.74) is 8.83. The largest absolute Gasteiger partial charge is 0.456 e. The van der Waals surface area contributed by atoms with Crippen molar-refractivity contribution < 1.29 is 4.42 Å². The van der Waals surface area contributed by atoms with E-state index in [1.54, 1.807) is 0 Å². The number of para-hydroxylation sites is 1. The predicted molar refractivity (Wildman–Crippen MR) is 244 cm³/mol. The topological polar surface area (TPSA) is 51.8 Å². The van der Waals surface area contributed by atoms with Crippen LogP contribution in [0.25, 0.3) is 121 Å². The van der Waals surface area contributed by atoms with Crippen LogP contribution in [-0.4, -0.2) is 15.0 Å². The molecule has 10 aromatic carbocycles. The van der Waals surface area contributed by atoms with Crippen LogP contribution in [0, 0.1) is 0 Å². The Morgan fingerprint density at radius 1 is 0.271 bits per heavy atom. The second-order valence-electron chi connectivity index (χ2n) is 15.2. The van der Waals surface area contributed by atoms with E-state index in [9.17, 15) is 0 Å². The van der Waals surface area contributed by atoms with Gasteiger partial charge in [-0.25, -0.2) is 15.0 Å². The van der Waals surface area contributed by atoms with Gasteiger partial charge in [0.1, 0.15) is 11.2 Å². The molecule has 4 nitrogen and oxygen atoms in total. The molecule has 0 atom stereocenters. The zero-order valence-electron chi connectivity index (χ0n) is 31.8.